The van der Waals surface area contributed by atoms with Gasteiger partial charge in [-0.15, -0.1) is 0 Å². The lowest BCUT2D eigenvalue weighted by molar-refractivity contribution is 0.102. The predicted molar refractivity (Wildman–Crippen MR) is 70.4 cm³/mol. The maximum atomic E-state index is 11.8. The van der Waals surface area contributed by atoms with Gasteiger partial charge in [-0.3, -0.25) is 4.79 Å². The quantitative estimate of drug-likeness (QED) is 0.339. The molecule has 1 heterocycles. The molecule has 0 aliphatic heterocycles. The lowest BCUT2D eigenvalue weighted by atomic mass is 10.2. The fourth-order valence-electron chi connectivity index (χ4n) is 1.55. The molecule has 1 aromatic heterocycles. The minimum Gasteiger partial charge on any atom is -0.469 e. The second-order valence-electron chi connectivity index (χ2n) is 3.96. The van der Waals surface area contributed by atoms with E-state index in [0.29, 0.717) is 22.6 Å². The van der Waals surface area contributed by atoms with Gasteiger partial charge in [-0.25, -0.2) is 0 Å². The van der Waals surface area contributed by atoms with Crippen LogP contribution in [-0.4, -0.2) is 17.0 Å². The molecule has 0 aliphatic carbocycles. The van der Waals surface area contributed by atoms with Crippen LogP contribution in [0.4, 0.5) is 5.69 Å². The Morgan fingerprint density at radius 1 is 1.32 bits per heavy atom. The molecule has 0 bridgehead atoms. The number of benzene rings is 1. The highest BCUT2D eigenvalue weighted by Crippen LogP contribution is 2.13. The summed E-state index contributed by atoms with van der Waals surface area (Å²) in [6, 6.07) is 8.27. The first-order valence-electron chi connectivity index (χ1n) is 5.54. The van der Waals surface area contributed by atoms with E-state index in [-0.39, 0.29) is 11.7 Å². The maximum Gasteiger partial charge on any atom is 0.258 e. The zero-order chi connectivity index (χ0) is 13.8. The fourth-order valence-corrected chi connectivity index (χ4v) is 1.55. The molecule has 98 valence electrons. The van der Waals surface area contributed by atoms with Gasteiger partial charge in [0.15, 0.2) is 5.84 Å². The van der Waals surface area contributed by atoms with Crippen LogP contribution in [0.3, 0.4) is 0 Å². The number of amides is 1. The van der Waals surface area contributed by atoms with Crippen molar-refractivity contribution in [2.24, 2.45) is 10.9 Å². The van der Waals surface area contributed by atoms with Crippen LogP contribution in [0.25, 0.3) is 0 Å². The highest BCUT2D eigenvalue weighted by atomic mass is 16.4. The Balaban J connectivity index is 2.10. The summed E-state index contributed by atoms with van der Waals surface area (Å²) in [5, 5.41) is 14.1. The molecule has 1 amide bonds. The SMILES string of the molecule is Cc1cc(C(=O)Nc2ccc(/C(N)=N/O)cc2)co1. The molecule has 0 fully saturated rings. The Bertz CT molecular complexity index is 614. The van der Waals surface area contributed by atoms with Gasteiger partial charge < -0.3 is 20.7 Å². The first-order valence-corrected chi connectivity index (χ1v) is 5.54. The van der Waals surface area contributed by atoms with E-state index in [1.165, 1.54) is 6.26 Å². The van der Waals surface area contributed by atoms with E-state index in [2.05, 4.69) is 10.5 Å². The van der Waals surface area contributed by atoms with Crippen LogP contribution < -0.4 is 11.1 Å². The third-order valence-electron chi connectivity index (χ3n) is 2.54. The molecule has 0 saturated carbocycles. The number of rotatable bonds is 3. The van der Waals surface area contributed by atoms with Gasteiger partial charge in [-0.1, -0.05) is 5.16 Å². The average molecular weight is 259 g/mol. The summed E-state index contributed by atoms with van der Waals surface area (Å²) in [5.41, 5.74) is 7.07. The third kappa shape index (κ3) is 2.92. The van der Waals surface area contributed by atoms with Gasteiger partial charge in [0.1, 0.15) is 12.0 Å². The Labute approximate surface area is 109 Å². The van der Waals surface area contributed by atoms with E-state index in [1.54, 1.807) is 37.3 Å². The summed E-state index contributed by atoms with van der Waals surface area (Å²) in [7, 11) is 0. The van der Waals surface area contributed by atoms with Crippen molar-refractivity contribution in [1.29, 1.82) is 0 Å². The summed E-state index contributed by atoms with van der Waals surface area (Å²) >= 11 is 0. The Hall–Kier alpha value is -2.76. The number of nitrogens with one attached hydrogen (secondary N) is 1. The van der Waals surface area contributed by atoms with E-state index in [0.717, 1.165) is 0 Å². The van der Waals surface area contributed by atoms with Crippen LogP contribution in [0.5, 0.6) is 0 Å². The van der Waals surface area contributed by atoms with Gasteiger partial charge >= 0.3 is 0 Å². The molecule has 6 nitrogen and oxygen atoms in total. The summed E-state index contributed by atoms with van der Waals surface area (Å²) < 4.78 is 5.07. The van der Waals surface area contributed by atoms with Crippen molar-refractivity contribution < 1.29 is 14.4 Å². The van der Waals surface area contributed by atoms with Gasteiger partial charge in [0, 0.05) is 11.3 Å². The number of nitrogens with zero attached hydrogens (tertiary/aromatic N) is 1. The number of aryl methyl sites for hydroxylation is 1. The van der Waals surface area contributed by atoms with Gasteiger partial charge in [-0.05, 0) is 37.3 Å². The average Bonchev–Trinajstić information content (AvgIpc) is 2.85. The second kappa shape index (κ2) is 5.26. The number of nitrogens with two attached hydrogens (primary N) is 1. The molecule has 0 spiro atoms. The van der Waals surface area contributed by atoms with Crippen molar-refractivity contribution >= 4 is 17.4 Å². The monoisotopic (exact) mass is 259 g/mol. The van der Waals surface area contributed by atoms with E-state index < -0.39 is 0 Å². The van der Waals surface area contributed by atoms with E-state index >= 15 is 0 Å². The summed E-state index contributed by atoms with van der Waals surface area (Å²) in [5.74, 6) is 0.434. The van der Waals surface area contributed by atoms with Crippen LogP contribution >= 0.6 is 0 Å². The van der Waals surface area contributed by atoms with E-state index in [9.17, 15) is 4.79 Å². The summed E-state index contributed by atoms with van der Waals surface area (Å²) in [6.45, 7) is 1.77. The number of carbonyl (C=O) groups excluding carboxylic acids is 1. The highest BCUT2D eigenvalue weighted by Gasteiger charge is 2.09. The highest BCUT2D eigenvalue weighted by molar-refractivity contribution is 6.04. The van der Waals surface area contributed by atoms with Crippen molar-refractivity contribution in [3.05, 3.63) is 53.5 Å². The smallest absolute Gasteiger partial charge is 0.258 e. The number of furan rings is 1. The fraction of sp³-hybridized carbons (Fsp3) is 0.0769. The molecule has 1 aromatic carbocycles. The molecule has 2 aromatic rings. The molecular formula is C13H13N3O3. The molecule has 0 unspecified atom stereocenters. The molecule has 0 saturated heterocycles. The molecule has 4 N–H and O–H groups in total. The molecule has 0 aliphatic rings. The second-order valence-corrected chi connectivity index (χ2v) is 3.96. The van der Waals surface area contributed by atoms with Crippen molar-refractivity contribution in [2.45, 2.75) is 6.92 Å². The predicted octanol–water partition coefficient (Wildman–Crippen LogP) is 1.93. The van der Waals surface area contributed by atoms with Gasteiger partial charge in [0.05, 0.1) is 5.56 Å². The standard InChI is InChI=1S/C13H13N3O3/c1-8-6-10(7-19-8)13(17)15-11-4-2-9(3-5-11)12(14)16-18/h2-7,18H,1H3,(H2,14,16)(H,15,17). The molecular weight excluding hydrogens is 246 g/mol. The van der Waals surface area contributed by atoms with Crippen molar-refractivity contribution in [3.8, 4) is 0 Å². The molecule has 2 rings (SSSR count). The maximum absolute atomic E-state index is 11.8. The number of hydrogen-bond acceptors (Lipinski definition) is 4. The lowest BCUT2D eigenvalue weighted by Crippen LogP contribution is -2.14. The largest absolute Gasteiger partial charge is 0.469 e. The Morgan fingerprint density at radius 2 is 2.00 bits per heavy atom. The molecule has 19 heavy (non-hydrogen) atoms. The van der Waals surface area contributed by atoms with Crippen molar-refractivity contribution in [3.63, 3.8) is 0 Å². The lowest BCUT2D eigenvalue weighted by Gasteiger charge is -2.04. The summed E-state index contributed by atoms with van der Waals surface area (Å²) in [6.07, 6.45) is 1.40. The van der Waals surface area contributed by atoms with Crippen LogP contribution in [-0.2, 0) is 0 Å². The number of amidine groups is 1. The topological polar surface area (TPSA) is 101 Å². The molecule has 0 atom stereocenters. The Kier molecular flexibility index (Phi) is 3.51. The first-order chi connectivity index (χ1) is 9.10. The zero-order valence-electron chi connectivity index (χ0n) is 10.3. The number of anilines is 1. The Morgan fingerprint density at radius 3 is 2.53 bits per heavy atom. The summed E-state index contributed by atoms with van der Waals surface area (Å²) in [4.78, 5) is 11.8. The molecule has 0 radical (unpaired) electrons. The van der Waals surface area contributed by atoms with Crippen LogP contribution in [0.1, 0.15) is 21.7 Å². The van der Waals surface area contributed by atoms with E-state index in [4.69, 9.17) is 15.4 Å². The van der Waals surface area contributed by atoms with Crippen LogP contribution in [0.15, 0.2) is 46.2 Å². The van der Waals surface area contributed by atoms with Crippen LogP contribution in [0, 0.1) is 6.92 Å². The van der Waals surface area contributed by atoms with Crippen molar-refractivity contribution in [2.75, 3.05) is 5.32 Å². The van der Waals surface area contributed by atoms with Gasteiger partial charge in [-0.2, -0.15) is 0 Å². The number of oxime groups is 1. The van der Waals surface area contributed by atoms with Gasteiger partial charge in [0.2, 0.25) is 0 Å². The number of carbonyl (C=O) groups is 1. The first kappa shape index (κ1) is 12.7. The number of hydrogen-bond donors (Lipinski definition) is 3. The normalized spacial score (nSPS) is 11.3. The van der Waals surface area contributed by atoms with Crippen molar-refractivity contribution in [1.82, 2.24) is 0 Å². The molecule has 6 heteroatoms. The minimum absolute atomic E-state index is 0.0170. The minimum atomic E-state index is -0.256. The van der Waals surface area contributed by atoms with E-state index in [1.807, 2.05) is 0 Å². The van der Waals surface area contributed by atoms with Gasteiger partial charge in [0.25, 0.3) is 5.91 Å². The zero-order valence-corrected chi connectivity index (χ0v) is 10.3. The third-order valence-corrected chi connectivity index (χ3v) is 2.54. The van der Waals surface area contributed by atoms with Crippen LogP contribution in [0.2, 0.25) is 0 Å².